The lowest BCUT2D eigenvalue weighted by atomic mass is 10.1. The molecule has 0 N–H and O–H groups in total. The van der Waals surface area contributed by atoms with Crippen molar-refractivity contribution < 1.29 is 4.79 Å². The Morgan fingerprint density at radius 1 is 1.07 bits per heavy atom. The standard InChI is InChI=1S/C21H15N5O/c1-14-21(24-25-26(14)19-10-6-5-9-18(19)22-2)20(27)13-16-12-11-15-7-3-4-8-17(15)23-16/h3-12H,13H2,1H3. The third-order valence-corrected chi connectivity index (χ3v) is 4.39. The molecule has 0 fully saturated rings. The van der Waals surface area contributed by atoms with Crippen LogP contribution >= 0.6 is 0 Å². The van der Waals surface area contributed by atoms with Crippen LogP contribution in [0.5, 0.6) is 0 Å². The van der Waals surface area contributed by atoms with E-state index in [2.05, 4.69) is 20.1 Å². The van der Waals surface area contributed by atoms with Crippen LogP contribution in [0.2, 0.25) is 0 Å². The van der Waals surface area contributed by atoms with E-state index in [0.29, 0.717) is 28.5 Å². The molecule has 4 rings (SSSR count). The Bertz CT molecular complexity index is 1200. The second kappa shape index (κ2) is 6.81. The van der Waals surface area contributed by atoms with Gasteiger partial charge in [-0.05, 0) is 25.1 Å². The normalized spacial score (nSPS) is 10.7. The van der Waals surface area contributed by atoms with Crippen molar-refractivity contribution in [1.29, 1.82) is 0 Å². The van der Waals surface area contributed by atoms with E-state index < -0.39 is 0 Å². The van der Waals surface area contributed by atoms with E-state index in [-0.39, 0.29) is 12.2 Å². The average molecular weight is 353 g/mol. The predicted molar refractivity (Wildman–Crippen MR) is 102 cm³/mol. The SMILES string of the molecule is [C-]#[N+]c1ccccc1-n1nnc(C(=O)Cc2ccc3ccccc3n2)c1C. The summed E-state index contributed by atoms with van der Waals surface area (Å²) in [6, 6.07) is 18.7. The monoisotopic (exact) mass is 353 g/mol. The first-order valence-corrected chi connectivity index (χ1v) is 8.44. The van der Waals surface area contributed by atoms with E-state index in [1.165, 1.54) is 4.68 Å². The molecular formula is C21H15N5O. The molecule has 0 unspecified atom stereocenters. The highest BCUT2D eigenvalue weighted by atomic mass is 16.1. The minimum atomic E-state index is -0.151. The Morgan fingerprint density at radius 2 is 1.85 bits per heavy atom. The number of fused-ring (bicyclic) bond motifs is 1. The molecule has 130 valence electrons. The minimum absolute atomic E-state index is 0.148. The summed E-state index contributed by atoms with van der Waals surface area (Å²) in [4.78, 5) is 20.8. The molecule has 0 amide bonds. The number of carbonyl (C=O) groups is 1. The van der Waals surface area contributed by atoms with E-state index in [0.717, 1.165) is 10.9 Å². The first-order chi connectivity index (χ1) is 13.2. The number of carbonyl (C=O) groups excluding carboxylic acids is 1. The topological polar surface area (TPSA) is 65.0 Å². The van der Waals surface area contributed by atoms with Crippen LogP contribution in [0.3, 0.4) is 0 Å². The van der Waals surface area contributed by atoms with Crippen LogP contribution in [0.4, 0.5) is 5.69 Å². The van der Waals surface area contributed by atoms with Gasteiger partial charge in [-0.1, -0.05) is 47.7 Å². The van der Waals surface area contributed by atoms with Crippen LogP contribution in [0.1, 0.15) is 21.9 Å². The molecule has 4 aromatic rings. The van der Waals surface area contributed by atoms with Gasteiger partial charge >= 0.3 is 0 Å². The summed E-state index contributed by atoms with van der Waals surface area (Å²) in [7, 11) is 0. The van der Waals surface area contributed by atoms with E-state index >= 15 is 0 Å². The Labute approximate surface area is 155 Å². The molecular weight excluding hydrogens is 338 g/mol. The van der Waals surface area contributed by atoms with Crippen molar-refractivity contribution in [2.75, 3.05) is 0 Å². The number of Topliss-reactive ketones (excluding diaryl/α,β-unsaturated/α-hetero) is 1. The molecule has 6 nitrogen and oxygen atoms in total. The number of para-hydroxylation sites is 3. The Hall–Kier alpha value is -3.85. The van der Waals surface area contributed by atoms with Gasteiger partial charge in [0.15, 0.2) is 11.5 Å². The molecule has 0 atom stereocenters. The predicted octanol–water partition coefficient (Wildman–Crippen LogP) is 4.10. The fourth-order valence-corrected chi connectivity index (χ4v) is 3.01. The lowest BCUT2D eigenvalue weighted by molar-refractivity contribution is 0.0986. The fraction of sp³-hybridized carbons (Fsp3) is 0.0952. The Morgan fingerprint density at radius 3 is 2.70 bits per heavy atom. The van der Waals surface area contributed by atoms with E-state index in [1.54, 1.807) is 25.1 Å². The summed E-state index contributed by atoms with van der Waals surface area (Å²) in [5.41, 5.74) is 3.52. The molecule has 0 aliphatic carbocycles. The molecule has 0 bridgehead atoms. The van der Waals surface area contributed by atoms with E-state index in [1.807, 2.05) is 42.5 Å². The van der Waals surface area contributed by atoms with Crippen molar-refractivity contribution in [3.8, 4) is 5.69 Å². The number of rotatable bonds is 4. The third-order valence-electron chi connectivity index (χ3n) is 4.39. The highest BCUT2D eigenvalue weighted by Gasteiger charge is 2.19. The van der Waals surface area contributed by atoms with Crippen molar-refractivity contribution in [2.45, 2.75) is 13.3 Å². The van der Waals surface area contributed by atoms with Crippen molar-refractivity contribution in [3.05, 3.63) is 89.2 Å². The van der Waals surface area contributed by atoms with Crippen LogP contribution in [0.15, 0.2) is 60.7 Å². The number of ketones is 1. The van der Waals surface area contributed by atoms with Crippen LogP contribution in [0.25, 0.3) is 21.4 Å². The highest BCUT2D eigenvalue weighted by molar-refractivity contribution is 5.96. The summed E-state index contributed by atoms with van der Waals surface area (Å²) in [6.45, 7) is 9.08. The van der Waals surface area contributed by atoms with Gasteiger partial charge in [-0.25, -0.2) is 9.53 Å². The van der Waals surface area contributed by atoms with Crippen molar-refractivity contribution in [1.82, 2.24) is 20.0 Å². The van der Waals surface area contributed by atoms with Gasteiger partial charge in [0.1, 0.15) is 0 Å². The first-order valence-electron chi connectivity index (χ1n) is 8.44. The number of nitrogens with zero attached hydrogens (tertiary/aromatic N) is 5. The van der Waals surface area contributed by atoms with Crippen molar-refractivity contribution in [3.63, 3.8) is 0 Å². The summed E-state index contributed by atoms with van der Waals surface area (Å²) in [5, 5.41) is 9.18. The van der Waals surface area contributed by atoms with Crippen LogP contribution in [-0.4, -0.2) is 25.8 Å². The van der Waals surface area contributed by atoms with Gasteiger partial charge in [0.25, 0.3) is 0 Å². The van der Waals surface area contributed by atoms with Gasteiger partial charge in [-0.15, -0.1) is 5.10 Å². The molecule has 0 aliphatic heterocycles. The molecule has 2 heterocycles. The van der Waals surface area contributed by atoms with Gasteiger partial charge in [0.05, 0.1) is 29.9 Å². The smallest absolute Gasteiger partial charge is 0.212 e. The Kier molecular flexibility index (Phi) is 4.19. The minimum Gasteiger partial charge on any atom is -0.292 e. The second-order valence-corrected chi connectivity index (χ2v) is 6.13. The van der Waals surface area contributed by atoms with E-state index in [4.69, 9.17) is 6.57 Å². The van der Waals surface area contributed by atoms with Crippen LogP contribution in [-0.2, 0) is 6.42 Å². The largest absolute Gasteiger partial charge is 0.292 e. The highest BCUT2D eigenvalue weighted by Crippen LogP contribution is 2.24. The second-order valence-electron chi connectivity index (χ2n) is 6.13. The summed E-state index contributed by atoms with van der Waals surface area (Å²) >= 11 is 0. The summed E-state index contributed by atoms with van der Waals surface area (Å²) < 4.78 is 1.54. The number of aromatic nitrogens is 4. The van der Waals surface area contributed by atoms with Crippen LogP contribution in [0, 0.1) is 13.5 Å². The maximum atomic E-state index is 12.8. The van der Waals surface area contributed by atoms with Crippen LogP contribution < -0.4 is 0 Å². The van der Waals surface area contributed by atoms with E-state index in [9.17, 15) is 4.79 Å². The quantitative estimate of drug-likeness (QED) is 0.409. The zero-order valence-electron chi connectivity index (χ0n) is 14.6. The molecule has 0 saturated carbocycles. The molecule has 6 heteroatoms. The zero-order valence-corrected chi connectivity index (χ0v) is 14.6. The Balaban J connectivity index is 1.64. The molecule has 0 radical (unpaired) electrons. The fourth-order valence-electron chi connectivity index (χ4n) is 3.01. The molecule has 2 aromatic heterocycles. The third kappa shape index (κ3) is 3.07. The first kappa shape index (κ1) is 16.6. The summed E-state index contributed by atoms with van der Waals surface area (Å²) in [5.74, 6) is -0.151. The number of pyridine rings is 1. The summed E-state index contributed by atoms with van der Waals surface area (Å²) in [6.07, 6.45) is 0.148. The maximum Gasteiger partial charge on any atom is 0.212 e. The molecule has 27 heavy (non-hydrogen) atoms. The molecule has 0 aliphatic rings. The lowest BCUT2D eigenvalue weighted by Gasteiger charge is -2.06. The van der Waals surface area contributed by atoms with Gasteiger partial charge < -0.3 is 0 Å². The average Bonchev–Trinajstić information content (AvgIpc) is 3.09. The van der Waals surface area contributed by atoms with Gasteiger partial charge in [-0.3, -0.25) is 9.78 Å². The maximum absolute atomic E-state index is 12.8. The van der Waals surface area contributed by atoms with Gasteiger partial charge in [-0.2, -0.15) is 0 Å². The zero-order chi connectivity index (χ0) is 18.8. The molecule has 0 spiro atoms. The number of hydrogen-bond donors (Lipinski definition) is 0. The number of benzene rings is 2. The lowest BCUT2D eigenvalue weighted by Crippen LogP contribution is -2.08. The molecule has 0 saturated heterocycles. The molecule has 2 aromatic carbocycles. The number of hydrogen-bond acceptors (Lipinski definition) is 4. The van der Waals surface area contributed by atoms with Gasteiger partial charge in [0.2, 0.25) is 5.69 Å². The van der Waals surface area contributed by atoms with Gasteiger partial charge in [0, 0.05) is 11.1 Å². The van der Waals surface area contributed by atoms with Crippen molar-refractivity contribution >= 4 is 22.4 Å². The van der Waals surface area contributed by atoms with Crippen molar-refractivity contribution in [2.24, 2.45) is 0 Å².